The average molecular weight is 402 g/mol. The lowest BCUT2D eigenvalue weighted by molar-refractivity contribution is 0.413. The Morgan fingerprint density at radius 2 is 1.70 bits per heavy atom. The summed E-state index contributed by atoms with van der Waals surface area (Å²) in [6.45, 7) is 4.26. The van der Waals surface area contributed by atoms with Crippen LogP contribution in [0.25, 0.3) is 11.1 Å². The summed E-state index contributed by atoms with van der Waals surface area (Å²) < 4.78 is 20.5. The predicted octanol–water partition coefficient (Wildman–Crippen LogP) is 6.15. The summed E-state index contributed by atoms with van der Waals surface area (Å²) in [5, 5.41) is 0. The van der Waals surface area contributed by atoms with Gasteiger partial charge >= 0.3 is 0 Å². The van der Waals surface area contributed by atoms with Crippen molar-refractivity contribution in [2.75, 3.05) is 7.11 Å². The number of methoxy groups -OCH3 is 1. The second kappa shape index (κ2) is 6.27. The normalized spacial score (nSPS) is 10.9. The molecule has 0 N–H and O–H groups in total. The van der Waals surface area contributed by atoms with Crippen LogP contribution in [-0.2, 0) is 0 Å². The van der Waals surface area contributed by atoms with Crippen molar-refractivity contribution in [3.8, 4) is 16.9 Å². The van der Waals surface area contributed by atoms with E-state index in [-0.39, 0.29) is 5.82 Å². The molecule has 0 aliphatic carbocycles. The molecule has 0 saturated carbocycles. The minimum atomic E-state index is -0.247. The zero-order chi connectivity index (χ0) is 14.9. The second-order valence-corrected chi connectivity index (χ2v) is 6.48. The maximum Gasteiger partial charge on any atom is 0.142 e. The molecule has 0 heterocycles. The molecule has 0 fully saturated rings. The zero-order valence-corrected chi connectivity index (χ0v) is 14.7. The van der Waals surface area contributed by atoms with Gasteiger partial charge in [-0.05, 0) is 67.1 Å². The van der Waals surface area contributed by atoms with Gasteiger partial charge in [-0.3, -0.25) is 0 Å². The Morgan fingerprint density at radius 1 is 1.10 bits per heavy atom. The summed E-state index contributed by atoms with van der Waals surface area (Å²) >= 11 is 7.22. The minimum Gasteiger partial charge on any atom is -0.495 e. The van der Waals surface area contributed by atoms with Gasteiger partial charge in [-0.1, -0.05) is 26.0 Å². The van der Waals surface area contributed by atoms with E-state index in [1.54, 1.807) is 19.2 Å². The van der Waals surface area contributed by atoms with Crippen molar-refractivity contribution in [3.63, 3.8) is 0 Å². The average Bonchev–Trinajstić information content (AvgIpc) is 2.41. The third-order valence-electron chi connectivity index (χ3n) is 3.16. The maximum absolute atomic E-state index is 13.1. The fraction of sp³-hybridized carbons (Fsp3) is 0.250. The van der Waals surface area contributed by atoms with E-state index < -0.39 is 0 Å². The molecule has 1 nitrogen and oxygen atoms in total. The molecule has 2 aromatic rings. The molecule has 0 aliphatic heterocycles. The van der Waals surface area contributed by atoms with Crippen LogP contribution in [0.4, 0.5) is 4.39 Å². The van der Waals surface area contributed by atoms with Crippen LogP contribution < -0.4 is 4.74 Å². The number of hydrogen-bond acceptors (Lipinski definition) is 1. The lowest BCUT2D eigenvalue weighted by Crippen LogP contribution is -1.97. The summed E-state index contributed by atoms with van der Waals surface area (Å²) in [5.74, 6) is 0.863. The Kier molecular flexibility index (Phi) is 4.86. The van der Waals surface area contributed by atoms with Gasteiger partial charge in [-0.15, -0.1) is 0 Å². The largest absolute Gasteiger partial charge is 0.495 e. The fourth-order valence-corrected chi connectivity index (χ4v) is 3.71. The van der Waals surface area contributed by atoms with Crippen LogP contribution in [0.3, 0.4) is 0 Å². The molecule has 0 bridgehead atoms. The van der Waals surface area contributed by atoms with Gasteiger partial charge in [0.25, 0.3) is 0 Å². The van der Waals surface area contributed by atoms with Crippen molar-refractivity contribution < 1.29 is 9.13 Å². The quantitative estimate of drug-likeness (QED) is 0.599. The molecule has 0 saturated heterocycles. The summed E-state index contributed by atoms with van der Waals surface area (Å²) in [7, 11) is 1.63. The predicted molar refractivity (Wildman–Crippen MR) is 87.9 cm³/mol. The van der Waals surface area contributed by atoms with Crippen LogP contribution in [0, 0.1) is 5.82 Å². The van der Waals surface area contributed by atoms with E-state index in [1.807, 2.05) is 0 Å². The third-order valence-corrected chi connectivity index (χ3v) is 4.60. The fourth-order valence-electron chi connectivity index (χ4n) is 2.12. The van der Waals surface area contributed by atoms with Gasteiger partial charge in [-0.2, -0.15) is 0 Å². The Bertz CT molecular complexity index is 621. The second-order valence-electron chi connectivity index (χ2n) is 4.83. The van der Waals surface area contributed by atoms with Crippen LogP contribution in [0.1, 0.15) is 25.3 Å². The lowest BCUT2D eigenvalue weighted by atomic mass is 9.96. The highest BCUT2D eigenvalue weighted by atomic mass is 79.9. The summed E-state index contributed by atoms with van der Waals surface area (Å²) in [6.07, 6.45) is 0. The number of benzene rings is 2. The number of hydrogen-bond donors (Lipinski definition) is 0. The molecule has 0 amide bonds. The Morgan fingerprint density at radius 3 is 2.20 bits per heavy atom. The smallest absolute Gasteiger partial charge is 0.142 e. The van der Waals surface area contributed by atoms with Gasteiger partial charge in [0.05, 0.1) is 11.6 Å². The first kappa shape index (κ1) is 15.5. The third kappa shape index (κ3) is 2.91. The molecule has 0 aliphatic rings. The first-order valence-corrected chi connectivity index (χ1v) is 7.86. The molecular weight excluding hydrogens is 387 g/mol. The van der Waals surface area contributed by atoms with Crippen LogP contribution in [-0.4, -0.2) is 7.11 Å². The topological polar surface area (TPSA) is 9.23 Å². The van der Waals surface area contributed by atoms with Gasteiger partial charge in [0.15, 0.2) is 0 Å². The summed E-state index contributed by atoms with van der Waals surface area (Å²) in [6, 6.07) is 8.48. The van der Waals surface area contributed by atoms with Crippen molar-refractivity contribution in [3.05, 3.63) is 50.7 Å². The van der Waals surface area contributed by atoms with Crippen LogP contribution >= 0.6 is 31.9 Å². The summed E-state index contributed by atoms with van der Waals surface area (Å²) in [4.78, 5) is 0. The van der Waals surface area contributed by atoms with E-state index >= 15 is 0 Å². The van der Waals surface area contributed by atoms with Crippen LogP contribution in [0.2, 0.25) is 0 Å². The number of halogens is 3. The SMILES string of the molecule is COc1c(Br)cc(C(C)C)c(Br)c1-c1ccc(F)cc1. The molecule has 4 heteroatoms. The Labute approximate surface area is 135 Å². The molecule has 2 aromatic carbocycles. The number of rotatable bonds is 3. The van der Waals surface area contributed by atoms with Crippen molar-refractivity contribution in [2.45, 2.75) is 19.8 Å². The van der Waals surface area contributed by atoms with Gasteiger partial charge in [-0.25, -0.2) is 4.39 Å². The Hall–Kier alpha value is -0.870. The van der Waals surface area contributed by atoms with E-state index in [0.717, 1.165) is 25.8 Å². The highest BCUT2D eigenvalue weighted by molar-refractivity contribution is 9.11. The first-order valence-electron chi connectivity index (χ1n) is 6.27. The monoisotopic (exact) mass is 400 g/mol. The minimum absolute atomic E-state index is 0.247. The lowest BCUT2D eigenvalue weighted by Gasteiger charge is -2.18. The van der Waals surface area contributed by atoms with Gasteiger partial charge in [0.2, 0.25) is 0 Å². The highest BCUT2D eigenvalue weighted by Gasteiger charge is 2.19. The zero-order valence-electron chi connectivity index (χ0n) is 11.5. The van der Waals surface area contributed by atoms with E-state index in [9.17, 15) is 4.39 Å². The molecular formula is C16H15Br2FO. The van der Waals surface area contributed by atoms with Crippen LogP contribution in [0.5, 0.6) is 5.75 Å². The molecule has 106 valence electrons. The standard InChI is InChI=1S/C16H15Br2FO/c1-9(2)12-8-13(17)16(20-3)14(15(12)18)10-4-6-11(19)7-5-10/h4-9H,1-3H3. The molecule has 0 unspecified atom stereocenters. The van der Waals surface area contributed by atoms with E-state index in [4.69, 9.17) is 4.74 Å². The van der Waals surface area contributed by atoms with E-state index in [2.05, 4.69) is 51.8 Å². The van der Waals surface area contributed by atoms with Crippen molar-refractivity contribution in [2.24, 2.45) is 0 Å². The maximum atomic E-state index is 13.1. The Balaban J connectivity index is 2.74. The molecule has 0 radical (unpaired) electrons. The van der Waals surface area contributed by atoms with Gasteiger partial charge in [0, 0.05) is 10.0 Å². The number of ether oxygens (including phenoxy) is 1. The van der Waals surface area contributed by atoms with Crippen molar-refractivity contribution >= 4 is 31.9 Å². The van der Waals surface area contributed by atoms with E-state index in [1.165, 1.54) is 17.7 Å². The molecule has 20 heavy (non-hydrogen) atoms. The molecule has 0 atom stereocenters. The molecule has 0 spiro atoms. The van der Waals surface area contributed by atoms with Crippen LogP contribution in [0.15, 0.2) is 39.3 Å². The molecule has 2 rings (SSSR count). The summed E-state index contributed by atoms with van der Waals surface area (Å²) in [5.41, 5.74) is 3.03. The van der Waals surface area contributed by atoms with Gasteiger partial charge in [0.1, 0.15) is 11.6 Å². The highest BCUT2D eigenvalue weighted by Crippen LogP contribution is 2.45. The van der Waals surface area contributed by atoms with Gasteiger partial charge < -0.3 is 4.74 Å². The van der Waals surface area contributed by atoms with E-state index in [0.29, 0.717) is 5.92 Å². The molecule has 0 aromatic heterocycles. The van der Waals surface area contributed by atoms with Crippen molar-refractivity contribution in [1.29, 1.82) is 0 Å². The first-order chi connectivity index (χ1) is 9.45. The van der Waals surface area contributed by atoms with Crippen molar-refractivity contribution in [1.82, 2.24) is 0 Å².